The second-order valence-corrected chi connectivity index (χ2v) is 4.36. The predicted octanol–water partition coefficient (Wildman–Crippen LogP) is 1.97. The lowest BCUT2D eigenvalue weighted by Crippen LogP contribution is -2.35. The van der Waals surface area contributed by atoms with Crippen molar-refractivity contribution in [3.63, 3.8) is 0 Å². The number of phenols is 1. The molecular weight excluding hydrogens is 240 g/mol. The Balaban J connectivity index is 2.45. The number of hydrogen-bond donors (Lipinski definition) is 2. The normalized spacial score (nSPS) is 10.6. The molecule has 2 aromatic rings. The molecule has 4 nitrogen and oxygen atoms in total. The van der Waals surface area contributed by atoms with Gasteiger partial charge in [-0.1, -0.05) is 30.3 Å². The zero-order valence-corrected chi connectivity index (χ0v) is 11.0. The Bertz CT molecular complexity index is 596. The van der Waals surface area contributed by atoms with E-state index in [0.717, 1.165) is 5.39 Å². The van der Waals surface area contributed by atoms with Gasteiger partial charge in [0.15, 0.2) is 0 Å². The largest absolute Gasteiger partial charge is 0.506 e. The van der Waals surface area contributed by atoms with Gasteiger partial charge < -0.3 is 15.7 Å². The number of benzene rings is 2. The third kappa shape index (κ3) is 2.53. The van der Waals surface area contributed by atoms with Crippen molar-refractivity contribution < 1.29 is 9.90 Å². The summed E-state index contributed by atoms with van der Waals surface area (Å²) < 4.78 is 0. The fourth-order valence-electron chi connectivity index (χ4n) is 2.16. The highest BCUT2D eigenvalue weighted by Gasteiger charge is 2.18. The molecule has 0 unspecified atom stereocenters. The minimum Gasteiger partial charge on any atom is -0.506 e. The molecule has 0 aromatic heterocycles. The number of carbonyl (C=O) groups is 1. The van der Waals surface area contributed by atoms with Gasteiger partial charge in [-0.2, -0.15) is 0 Å². The molecule has 0 bridgehead atoms. The highest BCUT2D eigenvalue weighted by molar-refractivity contribution is 6.03. The molecule has 0 aliphatic heterocycles. The Labute approximate surface area is 112 Å². The van der Waals surface area contributed by atoms with Crippen LogP contribution in [0.5, 0.6) is 5.75 Å². The summed E-state index contributed by atoms with van der Waals surface area (Å²) >= 11 is 0. The summed E-state index contributed by atoms with van der Waals surface area (Å²) in [5.41, 5.74) is 5.82. The molecule has 0 atom stereocenters. The smallest absolute Gasteiger partial charge is 0.257 e. The van der Waals surface area contributed by atoms with Crippen molar-refractivity contribution in [2.75, 3.05) is 19.6 Å². The van der Waals surface area contributed by atoms with E-state index in [1.807, 2.05) is 31.2 Å². The number of carbonyl (C=O) groups excluding carboxylic acids is 1. The maximum Gasteiger partial charge on any atom is 0.257 e. The molecule has 100 valence electrons. The van der Waals surface area contributed by atoms with Crippen LogP contribution >= 0.6 is 0 Å². The van der Waals surface area contributed by atoms with Gasteiger partial charge in [-0.05, 0) is 18.4 Å². The Morgan fingerprint density at radius 1 is 1.26 bits per heavy atom. The van der Waals surface area contributed by atoms with Crippen molar-refractivity contribution in [3.05, 3.63) is 42.0 Å². The Kier molecular flexibility index (Phi) is 4.02. The molecular formula is C15H18N2O2. The number of likely N-dealkylation sites (N-methyl/N-ethyl adjacent to an activating group) is 1. The number of fused-ring (bicyclic) bond motifs is 1. The van der Waals surface area contributed by atoms with Crippen molar-refractivity contribution >= 4 is 16.7 Å². The highest BCUT2D eigenvalue weighted by Crippen LogP contribution is 2.29. The molecule has 2 aromatic carbocycles. The zero-order valence-electron chi connectivity index (χ0n) is 11.0. The molecule has 0 radical (unpaired) electrons. The van der Waals surface area contributed by atoms with Crippen LogP contribution in [-0.2, 0) is 0 Å². The minimum absolute atomic E-state index is 0.0403. The van der Waals surface area contributed by atoms with Crippen LogP contribution in [-0.4, -0.2) is 35.5 Å². The highest BCUT2D eigenvalue weighted by atomic mass is 16.3. The van der Waals surface area contributed by atoms with Crippen LogP contribution in [0.1, 0.15) is 17.3 Å². The fraction of sp³-hybridized carbons (Fsp3) is 0.267. The van der Waals surface area contributed by atoms with E-state index >= 15 is 0 Å². The van der Waals surface area contributed by atoms with Crippen molar-refractivity contribution in [2.24, 2.45) is 5.73 Å². The van der Waals surface area contributed by atoms with Gasteiger partial charge in [0.05, 0.1) is 5.56 Å². The van der Waals surface area contributed by atoms with Crippen LogP contribution < -0.4 is 5.73 Å². The molecule has 4 heteroatoms. The van der Waals surface area contributed by atoms with E-state index in [4.69, 9.17) is 5.73 Å². The average Bonchev–Trinajstić information content (AvgIpc) is 2.45. The summed E-state index contributed by atoms with van der Waals surface area (Å²) in [6.45, 7) is 3.36. The van der Waals surface area contributed by atoms with E-state index in [0.29, 0.717) is 30.6 Å². The molecule has 2 rings (SSSR count). The standard InChI is InChI=1S/C15H18N2O2/c1-2-17(10-9-16)15(19)13-8-7-11-5-3-4-6-12(11)14(13)18/h3-8,18H,2,9-10,16H2,1H3. The van der Waals surface area contributed by atoms with E-state index in [1.54, 1.807) is 17.0 Å². The first kappa shape index (κ1) is 13.4. The van der Waals surface area contributed by atoms with Crippen LogP contribution in [0.3, 0.4) is 0 Å². The number of nitrogens with zero attached hydrogens (tertiary/aromatic N) is 1. The quantitative estimate of drug-likeness (QED) is 0.881. The molecule has 0 aliphatic carbocycles. The van der Waals surface area contributed by atoms with Gasteiger partial charge >= 0.3 is 0 Å². The molecule has 0 fully saturated rings. The molecule has 0 saturated carbocycles. The SMILES string of the molecule is CCN(CCN)C(=O)c1ccc2ccccc2c1O. The average molecular weight is 258 g/mol. The van der Waals surface area contributed by atoms with Crippen LogP contribution in [0, 0.1) is 0 Å². The van der Waals surface area contributed by atoms with Gasteiger partial charge in [0.1, 0.15) is 5.75 Å². The number of hydrogen-bond acceptors (Lipinski definition) is 3. The third-order valence-corrected chi connectivity index (χ3v) is 3.20. The molecule has 0 spiro atoms. The maximum absolute atomic E-state index is 12.3. The summed E-state index contributed by atoms with van der Waals surface area (Å²) in [6, 6.07) is 11.0. The maximum atomic E-state index is 12.3. The van der Waals surface area contributed by atoms with Crippen molar-refractivity contribution in [3.8, 4) is 5.75 Å². The first-order valence-electron chi connectivity index (χ1n) is 6.39. The van der Waals surface area contributed by atoms with Crippen LogP contribution in [0.25, 0.3) is 10.8 Å². The summed E-state index contributed by atoms with van der Waals surface area (Å²) in [5, 5.41) is 11.9. The summed E-state index contributed by atoms with van der Waals surface area (Å²) in [5.74, 6) is -0.144. The number of nitrogens with two attached hydrogens (primary N) is 1. The minimum atomic E-state index is -0.184. The second-order valence-electron chi connectivity index (χ2n) is 4.36. The lowest BCUT2D eigenvalue weighted by atomic mass is 10.0. The van der Waals surface area contributed by atoms with Crippen LogP contribution in [0.4, 0.5) is 0 Å². The lowest BCUT2D eigenvalue weighted by molar-refractivity contribution is 0.0766. The van der Waals surface area contributed by atoms with Crippen LogP contribution in [0.2, 0.25) is 0 Å². The lowest BCUT2D eigenvalue weighted by Gasteiger charge is -2.20. The van der Waals surface area contributed by atoms with Gasteiger partial charge in [0, 0.05) is 25.0 Å². The van der Waals surface area contributed by atoms with E-state index < -0.39 is 0 Å². The first-order chi connectivity index (χ1) is 9.19. The second kappa shape index (κ2) is 5.71. The van der Waals surface area contributed by atoms with Gasteiger partial charge in [0.25, 0.3) is 5.91 Å². The molecule has 1 amide bonds. The van der Waals surface area contributed by atoms with Gasteiger partial charge in [0.2, 0.25) is 0 Å². The predicted molar refractivity (Wildman–Crippen MR) is 76.2 cm³/mol. The number of amides is 1. The molecule has 0 heterocycles. The number of aromatic hydroxyl groups is 1. The fourth-order valence-corrected chi connectivity index (χ4v) is 2.16. The van der Waals surface area contributed by atoms with Gasteiger partial charge in [-0.3, -0.25) is 4.79 Å². The summed E-state index contributed by atoms with van der Waals surface area (Å²) in [7, 11) is 0. The molecule has 0 aliphatic rings. The zero-order chi connectivity index (χ0) is 13.8. The van der Waals surface area contributed by atoms with Crippen molar-refractivity contribution in [1.82, 2.24) is 4.90 Å². The van der Waals surface area contributed by atoms with E-state index in [2.05, 4.69) is 0 Å². The first-order valence-corrected chi connectivity index (χ1v) is 6.39. The molecule has 0 saturated heterocycles. The third-order valence-electron chi connectivity index (χ3n) is 3.20. The number of phenolic OH excluding ortho intramolecular Hbond substituents is 1. The van der Waals surface area contributed by atoms with Crippen molar-refractivity contribution in [1.29, 1.82) is 0 Å². The Hall–Kier alpha value is -2.07. The van der Waals surface area contributed by atoms with Gasteiger partial charge in [-0.15, -0.1) is 0 Å². The topological polar surface area (TPSA) is 66.6 Å². The van der Waals surface area contributed by atoms with Crippen molar-refractivity contribution in [2.45, 2.75) is 6.92 Å². The molecule has 3 N–H and O–H groups in total. The summed E-state index contributed by atoms with van der Waals surface area (Å²) in [6.07, 6.45) is 0. The Morgan fingerprint density at radius 2 is 2.00 bits per heavy atom. The molecule has 19 heavy (non-hydrogen) atoms. The Morgan fingerprint density at radius 3 is 2.68 bits per heavy atom. The van der Waals surface area contributed by atoms with Gasteiger partial charge in [-0.25, -0.2) is 0 Å². The van der Waals surface area contributed by atoms with E-state index in [1.165, 1.54) is 0 Å². The monoisotopic (exact) mass is 258 g/mol. The summed E-state index contributed by atoms with van der Waals surface area (Å²) in [4.78, 5) is 14.0. The van der Waals surface area contributed by atoms with E-state index in [-0.39, 0.29) is 11.7 Å². The van der Waals surface area contributed by atoms with E-state index in [9.17, 15) is 9.90 Å². The van der Waals surface area contributed by atoms with Crippen LogP contribution in [0.15, 0.2) is 36.4 Å². The number of rotatable bonds is 4.